The van der Waals surface area contributed by atoms with Gasteiger partial charge in [0.2, 0.25) is 0 Å². The fourth-order valence-electron chi connectivity index (χ4n) is 3.16. The number of H-pyrrole nitrogens is 1. The number of hydrogen-bond acceptors (Lipinski definition) is 3. The predicted octanol–water partition coefficient (Wildman–Crippen LogP) is 4.11. The summed E-state index contributed by atoms with van der Waals surface area (Å²) in [6, 6.07) is 13.7. The maximum Gasteiger partial charge on any atom is 0.295 e. The lowest BCUT2D eigenvalue weighted by molar-refractivity contribution is -0.126. The summed E-state index contributed by atoms with van der Waals surface area (Å²) in [6.07, 6.45) is 1.60. The largest absolute Gasteiger partial charge is 0.488 e. The summed E-state index contributed by atoms with van der Waals surface area (Å²) in [5.41, 5.74) is 3.09. The third kappa shape index (κ3) is 3.72. The van der Waals surface area contributed by atoms with Crippen molar-refractivity contribution >= 4 is 22.6 Å². The van der Waals surface area contributed by atoms with E-state index in [2.05, 4.69) is 4.98 Å². The fourth-order valence-corrected chi connectivity index (χ4v) is 3.16. The number of ether oxygens (including phenoxy) is 1. The number of aromatic nitrogens is 1. The molecule has 1 N–H and O–H groups in total. The molecule has 0 bridgehead atoms. The quantitative estimate of drug-likeness (QED) is 0.507. The minimum atomic E-state index is -0.514. The molecule has 0 saturated carbocycles. The van der Waals surface area contributed by atoms with Crippen LogP contribution in [-0.2, 0) is 11.4 Å². The summed E-state index contributed by atoms with van der Waals surface area (Å²) in [4.78, 5) is 30.0. The van der Waals surface area contributed by atoms with Gasteiger partial charge in [0.1, 0.15) is 12.4 Å². The van der Waals surface area contributed by atoms with E-state index in [9.17, 15) is 9.59 Å². The number of aryl methyl sites for hydroxylation is 1. The Morgan fingerprint density at radius 2 is 1.74 bits per heavy atom. The normalized spacial score (nSPS) is 10.8. The molecular formula is C22H24N2O3. The third-order valence-electron chi connectivity index (χ3n) is 4.71. The molecule has 5 heteroatoms. The number of Topliss-reactive ketones (excluding diaryl/α,β-unsaturated/α-hetero) is 1. The van der Waals surface area contributed by atoms with Crippen LogP contribution in [0.5, 0.6) is 5.75 Å². The number of fused-ring (bicyclic) bond motifs is 1. The molecule has 0 aliphatic rings. The average Bonchev–Trinajstić information content (AvgIpc) is 3.12. The highest BCUT2D eigenvalue weighted by Crippen LogP contribution is 2.33. The molecule has 1 aromatic heterocycles. The summed E-state index contributed by atoms with van der Waals surface area (Å²) in [6.45, 7) is 7.06. The summed E-state index contributed by atoms with van der Waals surface area (Å²) < 4.78 is 6.08. The molecule has 0 saturated heterocycles. The number of carbonyl (C=O) groups excluding carboxylic acids is 2. The Hall–Kier alpha value is -3.08. The summed E-state index contributed by atoms with van der Waals surface area (Å²) in [5, 5.41) is 0.663. The first-order valence-corrected chi connectivity index (χ1v) is 9.17. The van der Waals surface area contributed by atoms with Gasteiger partial charge in [-0.3, -0.25) is 9.59 Å². The fraction of sp³-hybridized carbons (Fsp3) is 0.273. The number of ketones is 1. The summed E-state index contributed by atoms with van der Waals surface area (Å²) >= 11 is 0. The standard InChI is InChI=1S/C22H24N2O3/c1-4-24(5-2)22(26)20(25)17-13-23-18-12-11-15(3)21(19(17)18)27-14-16-9-7-6-8-10-16/h6-13,23H,4-5,14H2,1-3H3. The molecule has 3 aromatic rings. The van der Waals surface area contributed by atoms with E-state index in [0.717, 1.165) is 16.6 Å². The number of nitrogens with zero attached hydrogens (tertiary/aromatic N) is 1. The third-order valence-corrected chi connectivity index (χ3v) is 4.71. The molecule has 27 heavy (non-hydrogen) atoms. The second-order valence-electron chi connectivity index (χ2n) is 6.42. The first-order chi connectivity index (χ1) is 13.1. The van der Waals surface area contributed by atoms with Crippen molar-refractivity contribution in [1.29, 1.82) is 0 Å². The van der Waals surface area contributed by atoms with Crippen molar-refractivity contribution in [2.45, 2.75) is 27.4 Å². The van der Waals surface area contributed by atoms with Crippen molar-refractivity contribution in [3.63, 3.8) is 0 Å². The molecule has 0 aliphatic heterocycles. The predicted molar refractivity (Wildman–Crippen MR) is 106 cm³/mol. The Balaban J connectivity index is 1.99. The van der Waals surface area contributed by atoms with Gasteiger partial charge in [-0.1, -0.05) is 36.4 Å². The molecule has 1 heterocycles. The lowest BCUT2D eigenvalue weighted by Crippen LogP contribution is -2.36. The molecule has 0 fully saturated rings. The van der Waals surface area contributed by atoms with Crippen LogP contribution in [0.15, 0.2) is 48.7 Å². The highest BCUT2D eigenvalue weighted by Gasteiger charge is 2.26. The number of carbonyl (C=O) groups is 2. The van der Waals surface area contributed by atoms with Gasteiger partial charge in [0.25, 0.3) is 11.7 Å². The van der Waals surface area contributed by atoms with Crippen molar-refractivity contribution in [1.82, 2.24) is 9.88 Å². The van der Waals surface area contributed by atoms with E-state index in [1.165, 1.54) is 4.90 Å². The van der Waals surface area contributed by atoms with Crippen LogP contribution in [0.2, 0.25) is 0 Å². The second-order valence-corrected chi connectivity index (χ2v) is 6.42. The number of hydrogen-bond donors (Lipinski definition) is 1. The highest BCUT2D eigenvalue weighted by molar-refractivity contribution is 6.45. The molecule has 0 aliphatic carbocycles. The van der Waals surface area contributed by atoms with Crippen molar-refractivity contribution in [3.8, 4) is 5.75 Å². The Bertz CT molecular complexity index is 956. The van der Waals surface area contributed by atoms with Crippen LogP contribution >= 0.6 is 0 Å². The van der Waals surface area contributed by atoms with Crippen molar-refractivity contribution in [2.75, 3.05) is 13.1 Å². The van der Waals surface area contributed by atoms with Crippen LogP contribution in [0, 0.1) is 6.92 Å². The Morgan fingerprint density at radius 3 is 2.41 bits per heavy atom. The van der Waals surface area contributed by atoms with Crippen LogP contribution in [-0.4, -0.2) is 34.7 Å². The molecule has 1 amide bonds. The first-order valence-electron chi connectivity index (χ1n) is 9.17. The van der Waals surface area contributed by atoms with Gasteiger partial charge in [0, 0.05) is 24.8 Å². The molecule has 0 radical (unpaired) electrons. The van der Waals surface area contributed by atoms with E-state index in [-0.39, 0.29) is 0 Å². The van der Waals surface area contributed by atoms with Gasteiger partial charge in [0.05, 0.1) is 10.9 Å². The Kier molecular flexibility index (Phi) is 5.60. The smallest absolute Gasteiger partial charge is 0.295 e. The minimum Gasteiger partial charge on any atom is -0.488 e. The number of rotatable bonds is 7. The van der Waals surface area contributed by atoms with Crippen molar-refractivity contribution in [3.05, 3.63) is 65.4 Å². The van der Waals surface area contributed by atoms with Crippen molar-refractivity contribution < 1.29 is 14.3 Å². The van der Waals surface area contributed by atoms with E-state index in [4.69, 9.17) is 4.74 Å². The zero-order valence-corrected chi connectivity index (χ0v) is 15.9. The van der Waals surface area contributed by atoms with Crippen LogP contribution in [0.3, 0.4) is 0 Å². The van der Waals surface area contributed by atoms with Gasteiger partial charge in [-0.2, -0.15) is 0 Å². The molecular weight excluding hydrogens is 340 g/mol. The van der Waals surface area contributed by atoms with Crippen LogP contribution < -0.4 is 4.74 Å². The number of amides is 1. The number of likely N-dealkylation sites (N-methyl/N-ethyl adjacent to an activating group) is 1. The molecule has 0 atom stereocenters. The minimum absolute atomic E-state index is 0.355. The summed E-state index contributed by atoms with van der Waals surface area (Å²) in [7, 11) is 0. The maximum absolute atomic E-state index is 12.8. The van der Waals surface area contributed by atoms with Gasteiger partial charge < -0.3 is 14.6 Å². The number of benzene rings is 2. The molecule has 2 aromatic carbocycles. The zero-order valence-electron chi connectivity index (χ0n) is 15.9. The van der Waals surface area contributed by atoms with Gasteiger partial charge >= 0.3 is 0 Å². The summed E-state index contributed by atoms with van der Waals surface area (Å²) in [5.74, 6) is -0.371. The van der Waals surface area contributed by atoms with E-state index >= 15 is 0 Å². The number of aromatic amines is 1. The van der Waals surface area contributed by atoms with Gasteiger partial charge in [0.15, 0.2) is 0 Å². The van der Waals surface area contributed by atoms with E-state index < -0.39 is 11.7 Å². The highest BCUT2D eigenvalue weighted by atomic mass is 16.5. The lowest BCUT2D eigenvalue weighted by Gasteiger charge is -2.17. The number of nitrogens with one attached hydrogen (secondary N) is 1. The molecule has 140 valence electrons. The van der Waals surface area contributed by atoms with Crippen LogP contribution in [0.25, 0.3) is 10.9 Å². The zero-order chi connectivity index (χ0) is 19.4. The topological polar surface area (TPSA) is 62.4 Å². The lowest BCUT2D eigenvalue weighted by atomic mass is 10.0. The maximum atomic E-state index is 12.8. The molecule has 0 unspecified atom stereocenters. The molecule has 0 spiro atoms. The van der Waals surface area contributed by atoms with Gasteiger partial charge in [-0.25, -0.2) is 0 Å². The molecule has 3 rings (SSSR count). The van der Waals surface area contributed by atoms with Crippen LogP contribution in [0.4, 0.5) is 0 Å². The molecule has 5 nitrogen and oxygen atoms in total. The monoisotopic (exact) mass is 364 g/mol. The second kappa shape index (κ2) is 8.08. The SMILES string of the molecule is CCN(CC)C(=O)C(=O)c1c[nH]c2ccc(C)c(OCc3ccccc3)c12. The van der Waals surface area contributed by atoms with Crippen molar-refractivity contribution in [2.24, 2.45) is 0 Å². The van der Waals surface area contributed by atoms with E-state index in [1.807, 2.05) is 63.2 Å². The van der Waals surface area contributed by atoms with Crippen LogP contribution in [0.1, 0.15) is 35.3 Å². The average molecular weight is 364 g/mol. The Morgan fingerprint density at radius 1 is 1.04 bits per heavy atom. The van der Waals surface area contributed by atoms with E-state index in [1.54, 1.807) is 6.20 Å². The van der Waals surface area contributed by atoms with Gasteiger partial charge in [-0.05, 0) is 38.0 Å². The van der Waals surface area contributed by atoms with Gasteiger partial charge in [-0.15, -0.1) is 0 Å². The van der Waals surface area contributed by atoms with E-state index in [0.29, 0.717) is 36.4 Å². The first kappa shape index (κ1) is 18.7. The Labute approximate surface area is 158 Å².